The molecule has 136 valence electrons. The Morgan fingerprint density at radius 3 is 2.69 bits per heavy atom. The molecule has 2 aromatic rings. The van der Waals surface area contributed by atoms with Crippen molar-refractivity contribution in [2.45, 2.75) is 13.5 Å². The third-order valence-corrected chi connectivity index (χ3v) is 4.72. The van der Waals surface area contributed by atoms with Crippen LogP contribution in [0, 0.1) is 26.4 Å². The monoisotopic (exact) mass is 474 g/mol. The Morgan fingerprint density at radius 2 is 2.12 bits per heavy atom. The van der Waals surface area contributed by atoms with Crippen molar-refractivity contribution in [2.24, 2.45) is 0 Å². The van der Waals surface area contributed by atoms with E-state index in [1.165, 1.54) is 19.1 Å². The fourth-order valence-electron chi connectivity index (χ4n) is 2.85. The first-order valence-corrected chi connectivity index (χ1v) is 8.44. The predicted molar refractivity (Wildman–Crippen MR) is 99.9 cm³/mol. The minimum absolute atomic E-state index is 0.00522. The number of fused-ring (bicyclic) bond motifs is 1. The molecule has 0 spiro atoms. The number of halogens is 2. The number of hydrogen-bond donors (Lipinski definition) is 2. The summed E-state index contributed by atoms with van der Waals surface area (Å²) in [7, 11) is 0. The molecule has 0 fully saturated rings. The summed E-state index contributed by atoms with van der Waals surface area (Å²) in [6.07, 6.45) is -1.41. The lowest BCUT2D eigenvalue weighted by molar-refractivity contribution is -0.383. The summed E-state index contributed by atoms with van der Waals surface area (Å²) in [5.74, 6) is -0.979. The highest BCUT2D eigenvalue weighted by Gasteiger charge is 2.38. The molecule has 3 rings (SSSR count). The summed E-state index contributed by atoms with van der Waals surface area (Å²) in [5, 5.41) is 23.6. The van der Waals surface area contributed by atoms with Crippen molar-refractivity contribution in [1.29, 1.82) is 0 Å². The van der Waals surface area contributed by atoms with Crippen molar-refractivity contribution in [3.63, 3.8) is 0 Å². The third-order valence-electron chi connectivity index (χ3n) is 4.05. The summed E-state index contributed by atoms with van der Waals surface area (Å²) in [5.41, 5.74) is -1.42. The van der Waals surface area contributed by atoms with Gasteiger partial charge in [-0.05, 0) is 47.7 Å². The van der Waals surface area contributed by atoms with Crippen molar-refractivity contribution < 1.29 is 19.2 Å². The van der Waals surface area contributed by atoms with E-state index in [2.05, 4.69) is 5.32 Å². The van der Waals surface area contributed by atoms with Crippen LogP contribution in [0.3, 0.4) is 0 Å². The van der Waals surface area contributed by atoms with Gasteiger partial charge in [0, 0.05) is 22.2 Å². The second-order valence-electron chi connectivity index (χ2n) is 5.57. The lowest BCUT2D eigenvalue weighted by atomic mass is 10.2. The van der Waals surface area contributed by atoms with E-state index in [0.29, 0.717) is 3.57 Å². The molecule has 0 bridgehead atoms. The molecule has 0 unspecified atom stereocenters. The zero-order chi connectivity index (χ0) is 19.2. The van der Waals surface area contributed by atoms with Gasteiger partial charge in [0.05, 0.1) is 10.6 Å². The first-order chi connectivity index (χ1) is 12.2. The molecule has 1 aromatic heterocycles. The van der Waals surface area contributed by atoms with Gasteiger partial charge in [-0.15, -0.1) is 0 Å². The van der Waals surface area contributed by atoms with Crippen LogP contribution >= 0.6 is 22.6 Å². The maximum absolute atomic E-state index is 14.2. The van der Waals surface area contributed by atoms with Gasteiger partial charge in [-0.2, -0.15) is 0 Å². The Bertz CT molecular complexity index is 1010. The number of hydrogen-bond acceptors (Lipinski definition) is 5. The molecule has 0 radical (unpaired) electrons. The van der Waals surface area contributed by atoms with Gasteiger partial charge in [0.25, 0.3) is 5.56 Å². The number of nitro groups is 1. The summed E-state index contributed by atoms with van der Waals surface area (Å²) in [4.78, 5) is 35.6. The van der Waals surface area contributed by atoms with Gasteiger partial charge < -0.3 is 10.4 Å². The highest BCUT2D eigenvalue weighted by Crippen LogP contribution is 2.40. The molecule has 1 amide bonds. The number of amides is 1. The van der Waals surface area contributed by atoms with Gasteiger partial charge in [0.1, 0.15) is 11.5 Å². The van der Waals surface area contributed by atoms with Crippen LogP contribution in [0.25, 0.3) is 0 Å². The van der Waals surface area contributed by atoms with Crippen LogP contribution < -0.4 is 15.8 Å². The van der Waals surface area contributed by atoms with Crippen molar-refractivity contribution in [3.05, 3.63) is 53.6 Å². The number of pyridine rings is 1. The van der Waals surface area contributed by atoms with E-state index in [1.54, 1.807) is 6.07 Å². The Kier molecular flexibility index (Phi) is 4.56. The molecule has 1 aliphatic heterocycles. The van der Waals surface area contributed by atoms with Gasteiger partial charge >= 0.3 is 11.8 Å². The normalized spacial score (nSPS) is 12.8. The Morgan fingerprint density at radius 1 is 1.42 bits per heavy atom. The number of nitrogens with zero attached hydrogens (tertiary/aromatic N) is 3. The molecule has 2 heterocycles. The minimum atomic E-state index is -1.41. The van der Waals surface area contributed by atoms with E-state index in [-0.39, 0.29) is 35.8 Å². The number of anilines is 3. The molecule has 0 atom stereocenters. The van der Waals surface area contributed by atoms with E-state index in [9.17, 15) is 29.2 Å². The Hall–Kier alpha value is -2.70. The summed E-state index contributed by atoms with van der Waals surface area (Å²) >= 11 is 1.91. The molecule has 2 N–H and O–H groups in total. The fourth-order valence-corrected chi connectivity index (χ4v) is 3.30. The van der Waals surface area contributed by atoms with Crippen molar-refractivity contribution >= 4 is 51.6 Å². The Labute approximate surface area is 159 Å². The first-order valence-electron chi connectivity index (χ1n) is 7.36. The molecule has 0 aliphatic carbocycles. The Balaban J connectivity index is 2.27. The smallest absolute Gasteiger partial charge is 0.413 e. The molecule has 9 nitrogen and oxygen atoms in total. The highest BCUT2D eigenvalue weighted by molar-refractivity contribution is 14.1. The van der Waals surface area contributed by atoms with Crippen LogP contribution in [0.1, 0.15) is 5.56 Å². The molecular formula is C15H12FIN4O5. The van der Waals surface area contributed by atoms with Crippen LogP contribution in [0.2, 0.25) is 0 Å². The third kappa shape index (κ3) is 2.87. The van der Waals surface area contributed by atoms with Gasteiger partial charge in [-0.1, -0.05) is 0 Å². The minimum Gasteiger partial charge on any atom is -0.465 e. The quantitative estimate of drug-likeness (QED) is 0.401. The van der Waals surface area contributed by atoms with Crippen molar-refractivity contribution in [1.82, 2.24) is 4.57 Å². The average molecular weight is 474 g/mol. The molecule has 1 aromatic carbocycles. The lowest BCUT2D eigenvalue weighted by Gasteiger charge is -2.17. The molecule has 1 aliphatic rings. The van der Waals surface area contributed by atoms with Crippen LogP contribution in [0.4, 0.5) is 32.1 Å². The molecule has 0 saturated carbocycles. The van der Waals surface area contributed by atoms with Crippen LogP contribution in [0.15, 0.2) is 23.0 Å². The maximum atomic E-state index is 14.2. The van der Waals surface area contributed by atoms with Gasteiger partial charge in [-0.3, -0.25) is 24.4 Å². The van der Waals surface area contributed by atoms with Gasteiger partial charge in [0.2, 0.25) is 5.82 Å². The second-order valence-corrected chi connectivity index (χ2v) is 6.82. The summed E-state index contributed by atoms with van der Waals surface area (Å²) in [6.45, 7) is 1.31. The van der Waals surface area contributed by atoms with E-state index in [0.717, 1.165) is 9.47 Å². The van der Waals surface area contributed by atoms with E-state index in [4.69, 9.17) is 0 Å². The predicted octanol–water partition coefficient (Wildman–Crippen LogP) is 3.05. The summed E-state index contributed by atoms with van der Waals surface area (Å²) in [6, 6.07) is 4.21. The zero-order valence-corrected chi connectivity index (χ0v) is 15.5. The van der Waals surface area contributed by atoms with E-state index in [1.807, 2.05) is 22.6 Å². The van der Waals surface area contributed by atoms with Gasteiger partial charge in [0.15, 0.2) is 0 Å². The number of rotatable bonds is 3. The first kappa shape index (κ1) is 18.1. The van der Waals surface area contributed by atoms with Crippen LogP contribution in [-0.2, 0) is 6.54 Å². The number of benzene rings is 1. The van der Waals surface area contributed by atoms with Crippen LogP contribution in [-0.4, -0.2) is 27.2 Å². The number of aromatic nitrogens is 1. The maximum Gasteiger partial charge on any atom is 0.413 e. The van der Waals surface area contributed by atoms with E-state index >= 15 is 0 Å². The largest absolute Gasteiger partial charge is 0.465 e. The standard InChI is InChI=1S/C15H12FIN4O5/c1-7-11(18-10-3-2-8(17)6-9(10)16)12(21(25)26)13-19(14(7)22)4-5-20(13)15(23)24/h2-3,6,18H,4-5H2,1H3,(H,23,24). The average Bonchev–Trinajstić information content (AvgIpc) is 2.99. The topological polar surface area (TPSA) is 118 Å². The molecule has 0 saturated heterocycles. The highest BCUT2D eigenvalue weighted by atomic mass is 127. The van der Waals surface area contributed by atoms with Crippen molar-refractivity contribution in [3.8, 4) is 0 Å². The SMILES string of the molecule is Cc1c(Nc2ccc(I)cc2F)c([N+](=O)[O-])c2n(c1=O)CCN2C(=O)O. The van der Waals surface area contributed by atoms with E-state index < -0.39 is 28.1 Å². The number of carboxylic acid groups (broad SMARTS) is 1. The summed E-state index contributed by atoms with van der Waals surface area (Å²) < 4.78 is 15.8. The molecular weight excluding hydrogens is 462 g/mol. The van der Waals surface area contributed by atoms with Crippen molar-refractivity contribution in [2.75, 3.05) is 16.8 Å². The molecule has 26 heavy (non-hydrogen) atoms. The number of carbonyl (C=O) groups is 1. The van der Waals surface area contributed by atoms with Gasteiger partial charge in [-0.25, -0.2) is 9.18 Å². The van der Waals surface area contributed by atoms with Crippen LogP contribution in [0.5, 0.6) is 0 Å². The zero-order valence-electron chi connectivity index (χ0n) is 13.3. The second kappa shape index (κ2) is 6.55. The number of nitrogens with one attached hydrogen (secondary N) is 1. The fraction of sp³-hybridized carbons (Fsp3) is 0.200. The molecule has 11 heteroatoms. The lowest BCUT2D eigenvalue weighted by Crippen LogP contribution is -2.29.